The van der Waals surface area contributed by atoms with E-state index in [0.717, 1.165) is 0 Å². The molecule has 1 rings (SSSR count). The van der Waals surface area contributed by atoms with Crippen LogP contribution < -0.4 is 5.73 Å². The minimum absolute atomic E-state index is 0.0576. The molecule has 1 aromatic rings. The lowest BCUT2D eigenvalue weighted by molar-refractivity contribution is 0.196. The topological polar surface area (TPSA) is 52.3 Å². The highest BCUT2D eigenvalue weighted by atomic mass is 32.2. The summed E-state index contributed by atoms with van der Waals surface area (Å²) in [6, 6.07) is 4.10. The van der Waals surface area contributed by atoms with Crippen molar-refractivity contribution in [1.29, 1.82) is 0 Å². The minimum Gasteiger partial charge on any atom is -0.396 e. The molecule has 5 heteroatoms. The molecule has 1 atom stereocenters. The molecule has 0 aliphatic carbocycles. The molecule has 78 valence electrons. The zero-order chi connectivity index (χ0) is 10.6. The van der Waals surface area contributed by atoms with Crippen LogP contribution in [0.5, 0.6) is 0 Å². The van der Waals surface area contributed by atoms with Gasteiger partial charge in [-0.2, -0.15) is 0 Å². The summed E-state index contributed by atoms with van der Waals surface area (Å²) in [5.74, 6) is -0.466. The number of hydrogen-bond acceptors (Lipinski definition) is 3. The zero-order valence-electron chi connectivity index (χ0n) is 7.83. The van der Waals surface area contributed by atoms with Crippen LogP contribution in [0, 0.1) is 5.82 Å². The third kappa shape index (κ3) is 2.78. The fourth-order valence-electron chi connectivity index (χ4n) is 0.877. The number of benzene rings is 1. The van der Waals surface area contributed by atoms with Crippen LogP contribution in [0.1, 0.15) is 6.92 Å². The summed E-state index contributed by atoms with van der Waals surface area (Å²) in [5, 5.41) is 0. The quantitative estimate of drug-likeness (QED) is 0.778. The number of nitrogens with two attached hydrogens (primary N) is 1. The Balaban J connectivity index is 2.76. The largest absolute Gasteiger partial charge is 0.396 e. The second kappa shape index (κ2) is 5.07. The maximum Gasteiger partial charge on any atom is 0.147 e. The summed E-state index contributed by atoms with van der Waals surface area (Å²) in [7, 11) is -1.32. The molecule has 0 fully saturated rings. The average Bonchev–Trinajstić information content (AvgIpc) is 2.18. The lowest BCUT2D eigenvalue weighted by atomic mass is 10.3. The predicted molar refractivity (Wildman–Crippen MR) is 53.7 cm³/mol. The van der Waals surface area contributed by atoms with Gasteiger partial charge in [0.15, 0.2) is 0 Å². The van der Waals surface area contributed by atoms with Gasteiger partial charge in [-0.3, -0.25) is 4.21 Å². The van der Waals surface area contributed by atoms with Crippen molar-refractivity contribution >= 4 is 16.5 Å². The van der Waals surface area contributed by atoms with E-state index < -0.39 is 16.6 Å². The molecule has 1 unspecified atom stereocenters. The summed E-state index contributed by atoms with van der Waals surface area (Å²) < 4.78 is 29.4. The maximum absolute atomic E-state index is 13.0. The van der Waals surface area contributed by atoms with E-state index in [1.165, 1.54) is 18.2 Å². The first-order valence-corrected chi connectivity index (χ1v) is 5.48. The van der Waals surface area contributed by atoms with E-state index in [1.54, 1.807) is 6.92 Å². The van der Waals surface area contributed by atoms with Crippen molar-refractivity contribution in [2.45, 2.75) is 11.8 Å². The number of hydrogen-bond donors (Lipinski definition) is 1. The Morgan fingerprint density at radius 3 is 2.86 bits per heavy atom. The summed E-state index contributed by atoms with van der Waals surface area (Å²) in [6.45, 7) is 2.30. The van der Waals surface area contributed by atoms with Crippen LogP contribution in [-0.2, 0) is 15.5 Å². The first kappa shape index (κ1) is 11.1. The second-order valence-electron chi connectivity index (χ2n) is 2.64. The number of ether oxygens (including phenoxy) is 1. The molecular weight excluding hydrogens is 205 g/mol. The van der Waals surface area contributed by atoms with Crippen LogP contribution in [0.4, 0.5) is 10.1 Å². The van der Waals surface area contributed by atoms with E-state index in [1.807, 2.05) is 0 Å². The summed E-state index contributed by atoms with van der Waals surface area (Å²) in [6.07, 6.45) is 0. The Kier molecular flexibility index (Phi) is 4.03. The van der Waals surface area contributed by atoms with E-state index in [-0.39, 0.29) is 11.6 Å². The van der Waals surface area contributed by atoms with Crippen LogP contribution >= 0.6 is 0 Å². The zero-order valence-corrected chi connectivity index (χ0v) is 8.64. The molecular formula is C9H12FNO2S. The highest BCUT2D eigenvalue weighted by Gasteiger charge is 2.06. The molecule has 0 saturated carbocycles. The molecule has 0 aromatic heterocycles. The Hall–Kier alpha value is -0.940. The van der Waals surface area contributed by atoms with E-state index in [2.05, 4.69) is 0 Å². The fraction of sp³-hybridized carbons (Fsp3) is 0.333. The number of anilines is 1. The minimum atomic E-state index is -1.32. The number of rotatable bonds is 4. The van der Waals surface area contributed by atoms with Crippen molar-refractivity contribution in [3.63, 3.8) is 0 Å². The van der Waals surface area contributed by atoms with Crippen molar-refractivity contribution in [1.82, 2.24) is 0 Å². The van der Waals surface area contributed by atoms with Gasteiger partial charge < -0.3 is 10.5 Å². The van der Waals surface area contributed by atoms with E-state index in [9.17, 15) is 8.60 Å². The average molecular weight is 217 g/mol. The van der Waals surface area contributed by atoms with Gasteiger partial charge in [0, 0.05) is 11.5 Å². The van der Waals surface area contributed by atoms with Crippen molar-refractivity contribution in [3.8, 4) is 0 Å². The van der Waals surface area contributed by atoms with Crippen LogP contribution in [0.15, 0.2) is 23.1 Å². The lowest BCUT2D eigenvalue weighted by Gasteiger charge is -2.03. The Bertz CT molecular complexity index is 344. The molecule has 14 heavy (non-hydrogen) atoms. The molecule has 0 radical (unpaired) electrons. The van der Waals surface area contributed by atoms with Crippen molar-refractivity contribution in [2.24, 2.45) is 0 Å². The first-order valence-electron chi connectivity index (χ1n) is 4.16. The highest BCUT2D eigenvalue weighted by Crippen LogP contribution is 2.15. The molecule has 0 aliphatic rings. The SMILES string of the molecule is CCOCS(=O)c1ccc(N)c(F)c1. The molecule has 3 nitrogen and oxygen atoms in total. The van der Waals surface area contributed by atoms with Gasteiger partial charge in [-0.15, -0.1) is 0 Å². The van der Waals surface area contributed by atoms with Crippen LogP contribution in [0.3, 0.4) is 0 Å². The van der Waals surface area contributed by atoms with Gasteiger partial charge in [-0.1, -0.05) is 0 Å². The molecule has 0 amide bonds. The molecule has 0 saturated heterocycles. The van der Waals surface area contributed by atoms with Crippen LogP contribution in [0.25, 0.3) is 0 Å². The second-order valence-corrected chi connectivity index (χ2v) is 4.04. The lowest BCUT2D eigenvalue weighted by Crippen LogP contribution is -2.03. The molecule has 0 spiro atoms. The Morgan fingerprint density at radius 2 is 2.29 bits per heavy atom. The van der Waals surface area contributed by atoms with Crippen LogP contribution in [-0.4, -0.2) is 16.8 Å². The number of halogens is 1. The molecule has 1 aromatic carbocycles. The van der Waals surface area contributed by atoms with E-state index in [0.29, 0.717) is 11.5 Å². The predicted octanol–water partition coefficient (Wildman–Crippen LogP) is 1.51. The van der Waals surface area contributed by atoms with E-state index >= 15 is 0 Å². The van der Waals surface area contributed by atoms with Gasteiger partial charge in [-0.05, 0) is 25.1 Å². The van der Waals surface area contributed by atoms with Crippen molar-refractivity contribution in [3.05, 3.63) is 24.0 Å². The van der Waals surface area contributed by atoms with Crippen molar-refractivity contribution in [2.75, 3.05) is 18.3 Å². The molecule has 0 bridgehead atoms. The smallest absolute Gasteiger partial charge is 0.147 e. The van der Waals surface area contributed by atoms with Gasteiger partial charge in [-0.25, -0.2) is 4.39 Å². The van der Waals surface area contributed by atoms with Crippen LogP contribution in [0.2, 0.25) is 0 Å². The van der Waals surface area contributed by atoms with Gasteiger partial charge in [0.25, 0.3) is 0 Å². The third-order valence-corrected chi connectivity index (χ3v) is 2.79. The first-order chi connectivity index (χ1) is 6.65. The van der Waals surface area contributed by atoms with Gasteiger partial charge >= 0.3 is 0 Å². The molecule has 0 heterocycles. The fourth-order valence-corrected chi connectivity index (χ4v) is 1.79. The standard InChI is InChI=1S/C9H12FNO2S/c1-2-13-6-14(12)7-3-4-9(11)8(10)5-7/h3-5H,2,6,11H2,1H3. The van der Waals surface area contributed by atoms with Crippen molar-refractivity contribution < 1.29 is 13.3 Å². The monoisotopic (exact) mass is 217 g/mol. The van der Waals surface area contributed by atoms with Gasteiger partial charge in [0.1, 0.15) is 11.8 Å². The van der Waals surface area contributed by atoms with Gasteiger partial charge in [0.05, 0.1) is 16.5 Å². The summed E-state index contributed by atoms with van der Waals surface area (Å²) in [4.78, 5) is 0.394. The molecule has 2 N–H and O–H groups in total. The Morgan fingerprint density at radius 1 is 1.57 bits per heavy atom. The highest BCUT2D eigenvalue weighted by molar-refractivity contribution is 7.84. The van der Waals surface area contributed by atoms with Gasteiger partial charge in [0.2, 0.25) is 0 Å². The summed E-state index contributed by atoms with van der Waals surface area (Å²) in [5.41, 5.74) is 5.34. The van der Waals surface area contributed by atoms with E-state index in [4.69, 9.17) is 10.5 Å². The summed E-state index contributed by atoms with van der Waals surface area (Å²) >= 11 is 0. The third-order valence-electron chi connectivity index (χ3n) is 1.63. The maximum atomic E-state index is 13.0. The Labute approximate surface area is 84.5 Å². The number of nitrogen functional groups attached to an aromatic ring is 1. The normalized spacial score (nSPS) is 12.7. The molecule has 0 aliphatic heterocycles.